The summed E-state index contributed by atoms with van der Waals surface area (Å²) in [7, 11) is 0. The van der Waals surface area contributed by atoms with Crippen molar-refractivity contribution in [2.24, 2.45) is 0 Å². The minimum absolute atomic E-state index is 0.102. The lowest BCUT2D eigenvalue weighted by Gasteiger charge is -2.26. The number of hydrogen-bond acceptors (Lipinski definition) is 5. The second kappa shape index (κ2) is 7.23. The number of carbonyl (C=O) groups is 2. The molecule has 144 valence electrons. The Morgan fingerprint density at radius 2 is 2.00 bits per heavy atom. The number of aliphatic carboxylic acids is 1. The van der Waals surface area contributed by atoms with E-state index >= 15 is 0 Å². The lowest BCUT2D eigenvalue weighted by molar-refractivity contribution is -0.142. The summed E-state index contributed by atoms with van der Waals surface area (Å²) in [5, 5.41) is 11.6. The molecule has 1 amide bonds. The van der Waals surface area contributed by atoms with Crippen LogP contribution >= 0.6 is 11.6 Å². The van der Waals surface area contributed by atoms with E-state index < -0.39 is 29.8 Å². The van der Waals surface area contributed by atoms with E-state index in [1.165, 1.54) is 4.90 Å². The molecule has 0 bridgehead atoms. The van der Waals surface area contributed by atoms with Crippen molar-refractivity contribution in [1.29, 1.82) is 0 Å². The fourth-order valence-corrected chi connectivity index (χ4v) is 3.27. The van der Waals surface area contributed by atoms with Gasteiger partial charge in [0.2, 0.25) is 5.88 Å². The van der Waals surface area contributed by atoms with E-state index in [1.54, 1.807) is 45.2 Å². The van der Waals surface area contributed by atoms with Gasteiger partial charge >= 0.3 is 12.1 Å². The quantitative estimate of drug-likeness (QED) is 0.856. The van der Waals surface area contributed by atoms with E-state index in [4.69, 9.17) is 21.1 Å². The van der Waals surface area contributed by atoms with Crippen molar-refractivity contribution in [2.75, 3.05) is 6.54 Å². The van der Waals surface area contributed by atoms with Gasteiger partial charge < -0.3 is 14.6 Å². The molecule has 1 N–H and O–H groups in total. The Hall–Kier alpha value is -2.54. The number of carboxylic acids is 1. The maximum Gasteiger partial charge on any atom is 0.411 e. The summed E-state index contributed by atoms with van der Waals surface area (Å²) in [6, 6.07) is 6.17. The van der Waals surface area contributed by atoms with Crippen LogP contribution in [-0.4, -0.2) is 51.3 Å². The molecule has 1 saturated heterocycles. The van der Waals surface area contributed by atoms with Crippen molar-refractivity contribution in [3.63, 3.8) is 0 Å². The van der Waals surface area contributed by atoms with E-state index in [2.05, 4.69) is 4.98 Å². The van der Waals surface area contributed by atoms with Crippen molar-refractivity contribution in [1.82, 2.24) is 9.88 Å². The molecule has 7 nitrogen and oxygen atoms in total. The van der Waals surface area contributed by atoms with Crippen LogP contribution in [0.3, 0.4) is 0 Å². The van der Waals surface area contributed by atoms with E-state index in [-0.39, 0.29) is 13.0 Å². The summed E-state index contributed by atoms with van der Waals surface area (Å²) in [6.07, 6.45) is 0.539. The molecular weight excluding hydrogens is 372 g/mol. The Kier molecular flexibility index (Phi) is 5.15. The number of benzene rings is 1. The van der Waals surface area contributed by atoms with Gasteiger partial charge in [-0.1, -0.05) is 17.7 Å². The second-order valence-corrected chi connectivity index (χ2v) is 7.82. The highest BCUT2D eigenvalue weighted by Gasteiger charge is 2.43. The number of ether oxygens (including phenoxy) is 2. The molecular formula is C19H21ClN2O5. The first-order valence-corrected chi connectivity index (χ1v) is 8.96. The molecule has 27 heavy (non-hydrogen) atoms. The van der Waals surface area contributed by atoms with Gasteiger partial charge in [0.05, 0.1) is 6.54 Å². The number of pyridine rings is 1. The van der Waals surface area contributed by atoms with Gasteiger partial charge in [-0.05, 0) is 39.0 Å². The molecule has 2 heterocycles. The minimum Gasteiger partial charge on any atom is -0.480 e. The lowest BCUT2D eigenvalue weighted by Crippen LogP contribution is -2.43. The van der Waals surface area contributed by atoms with Crippen molar-refractivity contribution in [2.45, 2.75) is 44.9 Å². The molecule has 0 spiro atoms. The molecule has 0 radical (unpaired) electrons. The Morgan fingerprint density at radius 3 is 2.67 bits per heavy atom. The Labute approximate surface area is 161 Å². The SMILES string of the molecule is CC(C)(C)OC(=O)N1CC(Oc2nccc3c(Cl)cccc23)C[C@H]1C(=O)O. The first-order chi connectivity index (χ1) is 12.7. The zero-order valence-electron chi connectivity index (χ0n) is 15.3. The zero-order valence-corrected chi connectivity index (χ0v) is 16.1. The molecule has 1 aliphatic heterocycles. The molecule has 1 aliphatic rings. The average Bonchev–Trinajstić information content (AvgIpc) is 2.99. The van der Waals surface area contributed by atoms with Crippen LogP contribution in [0.15, 0.2) is 30.5 Å². The predicted octanol–water partition coefficient (Wildman–Crippen LogP) is 3.73. The smallest absolute Gasteiger partial charge is 0.411 e. The first-order valence-electron chi connectivity index (χ1n) is 8.58. The Bertz CT molecular complexity index is 880. The first kappa shape index (κ1) is 19.2. The van der Waals surface area contributed by atoms with Crippen LogP contribution in [-0.2, 0) is 9.53 Å². The van der Waals surface area contributed by atoms with E-state index in [0.717, 1.165) is 10.8 Å². The number of aromatic nitrogens is 1. The zero-order chi connectivity index (χ0) is 19.8. The van der Waals surface area contributed by atoms with Gasteiger partial charge in [0, 0.05) is 28.4 Å². The molecule has 1 fully saturated rings. The van der Waals surface area contributed by atoms with Gasteiger partial charge in [0.1, 0.15) is 17.7 Å². The van der Waals surface area contributed by atoms with Crippen LogP contribution in [0.4, 0.5) is 4.79 Å². The summed E-state index contributed by atoms with van der Waals surface area (Å²) < 4.78 is 11.3. The average molecular weight is 393 g/mol. The molecule has 0 aliphatic carbocycles. The molecule has 1 aromatic carbocycles. The van der Waals surface area contributed by atoms with E-state index in [1.807, 2.05) is 6.07 Å². The number of carbonyl (C=O) groups excluding carboxylic acids is 1. The predicted molar refractivity (Wildman–Crippen MR) is 100 cm³/mol. The molecule has 1 aromatic heterocycles. The van der Waals surface area contributed by atoms with E-state index in [0.29, 0.717) is 10.9 Å². The fraction of sp³-hybridized carbons (Fsp3) is 0.421. The standard InChI is InChI=1S/C19H21ClN2O5/c1-19(2,3)27-18(25)22-10-11(9-15(22)17(23)24)26-16-13-5-4-6-14(20)12(13)7-8-21-16/h4-8,11,15H,9-10H2,1-3H3,(H,23,24)/t11?,15-/m0/s1. The summed E-state index contributed by atoms with van der Waals surface area (Å²) in [5.74, 6) is -0.740. The highest BCUT2D eigenvalue weighted by Crippen LogP contribution is 2.31. The van der Waals surface area contributed by atoms with Crippen molar-refractivity contribution in [3.8, 4) is 5.88 Å². The largest absolute Gasteiger partial charge is 0.480 e. The van der Waals surface area contributed by atoms with Crippen LogP contribution in [0.25, 0.3) is 10.8 Å². The van der Waals surface area contributed by atoms with Crippen LogP contribution in [0.2, 0.25) is 5.02 Å². The maximum atomic E-state index is 12.4. The Morgan fingerprint density at radius 1 is 1.26 bits per heavy atom. The van der Waals surface area contributed by atoms with Crippen molar-refractivity contribution in [3.05, 3.63) is 35.5 Å². The minimum atomic E-state index is -1.10. The van der Waals surface area contributed by atoms with Gasteiger partial charge in [-0.25, -0.2) is 14.6 Å². The molecule has 2 atom stereocenters. The molecule has 3 rings (SSSR count). The number of rotatable bonds is 3. The van der Waals surface area contributed by atoms with Gasteiger partial charge in [0.15, 0.2) is 0 Å². The number of nitrogens with zero attached hydrogens (tertiary/aromatic N) is 2. The van der Waals surface area contributed by atoms with Crippen LogP contribution in [0.5, 0.6) is 5.88 Å². The molecule has 0 saturated carbocycles. The van der Waals surface area contributed by atoms with Gasteiger partial charge in [-0.3, -0.25) is 4.90 Å². The molecule has 2 aromatic rings. The van der Waals surface area contributed by atoms with Crippen molar-refractivity contribution < 1.29 is 24.2 Å². The molecule has 8 heteroatoms. The number of likely N-dealkylation sites (tertiary alicyclic amines) is 1. The number of amides is 1. The second-order valence-electron chi connectivity index (χ2n) is 7.41. The molecule has 1 unspecified atom stereocenters. The van der Waals surface area contributed by atoms with E-state index in [9.17, 15) is 14.7 Å². The third kappa shape index (κ3) is 4.24. The highest BCUT2D eigenvalue weighted by molar-refractivity contribution is 6.35. The summed E-state index contributed by atoms with van der Waals surface area (Å²) in [6.45, 7) is 5.29. The normalized spacial score (nSPS) is 19.9. The fourth-order valence-electron chi connectivity index (χ4n) is 3.03. The lowest BCUT2D eigenvalue weighted by atomic mass is 10.1. The Balaban J connectivity index is 1.82. The third-order valence-corrected chi connectivity index (χ3v) is 4.50. The monoisotopic (exact) mass is 392 g/mol. The van der Waals surface area contributed by atoms with Crippen LogP contribution in [0, 0.1) is 0 Å². The van der Waals surface area contributed by atoms with Crippen LogP contribution in [0.1, 0.15) is 27.2 Å². The summed E-state index contributed by atoms with van der Waals surface area (Å²) in [5.41, 5.74) is -0.715. The summed E-state index contributed by atoms with van der Waals surface area (Å²) >= 11 is 6.21. The third-order valence-electron chi connectivity index (χ3n) is 4.17. The van der Waals surface area contributed by atoms with Gasteiger partial charge in [-0.15, -0.1) is 0 Å². The van der Waals surface area contributed by atoms with Gasteiger partial charge in [0.25, 0.3) is 0 Å². The number of hydrogen-bond donors (Lipinski definition) is 1. The number of carboxylic acid groups (broad SMARTS) is 1. The van der Waals surface area contributed by atoms with Crippen LogP contribution < -0.4 is 4.74 Å². The van der Waals surface area contributed by atoms with Gasteiger partial charge in [-0.2, -0.15) is 0 Å². The summed E-state index contributed by atoms with van der Waals surface area (Å²) in [4.78, 5) is 29.4. The number of halogens is 1. The maximum absolute atomic E-state index is 12.4. The number of fused-ring (bicyclic) bond motifs is 1. The van der Waals surface area contributed by atoms with Crippen molar-refractivity contribution >= 4 is 34.4 Å². The topological polar surface area (TPSA) is 89.0 Å². The highest BCUT2D eigenvalue weighted by atomic mass is 35.5.